The Balaban J connectivity index is 1.59. The van der Waals surface area contributed by atoms with E-state index in [-0.39, 0.29) is 11.4 Å². The first-order chi connectivity index (χ1) is 12.3. The molecule has 0 fully saturated rings. The van der Waals surface area contributed by atoms with Crippen molar-refractivity contribution < 1.29 is 22.4 Å². The van der Waals surface area contributed by atoms with Gasteiger partial charge in [-0.2, -0.15) is 13.2 Å². The molecular formula is C17H14F3N3O2S. The first-order valence-corrected chi connectivity index (χ1v) is 8.49. The summed E-state index contributed by atoms with van der Waals surface area (Å²) in [5, 5.41) is 1.53. The molecule has 1 aromatic carbocycles. The van der Waals surface area contributed by atoms with Crippen molar-refractivity contribution in [1.29, 1.82) is 0 Å². The number of aryl methyl sites for hydroxylation is 1. The van der Waals surface area contributed by atoms with Crippen molar-refractivity contribution >= 4 is 17.2 Å². The average molecular weight is 381 g/mol. The molecule has 3 aromatic rings. The van der Waals surface area contributed by atoms with E-state index in [9.17, 15) is 18.0 Å². The molecular weight excluding hydrogens is 367 g/mol. The Hall–Kier alpha value is -2.68. The number of thiazole rings is 1. The largest absolute Gasteiger partial charge is 0.443 e. The fourth-order valence-electron chi connectivity index (χ4n) is 2.26. The van der Waals surface area contributed by atoms with Crippen LogP contribution in [0.15, 0.2) is 40.9 Å². The molecule has 0 spiro atoms. The second kappa shape index (κ2) is 7.28. The molecule has 0 aliphatic heterocycles. The van der Waals surface area contributed by atoms with E-state index in [0.717, 1.165) is 11.8 Å². The molecule has 1 N–H and O–H groups in total. The van der Waals surface area contributed by atoms with E-state index in [1.165, 1.54) is 0 Å². The number of hydrogen-bond acceptors (Lipinski definition) is 5. The van der Waals surface area contributed by atoms with Crippen LogP contribution in [0.2, 0.25) is 0 Å². The molecule has 136 valence electrons. The highest BCUT2D eigenvalue weighted by Crippen LogP contribution is 2.32. The van der Waals surface area contributed by atoms with E-state index < -0.39 is 17.1 Å². The van der Waals surface area contributed by atoms with E-state index in [2.05, 4.69) is 15.3 Å². The van der Waals surface area contributed by atoms with Crippen LogP contribution in [0, 0.1) is 6.92 Å². The zero-order valence-electron chi connectivity index (χ0n) is 13.6. The molecule has 0 aliphatic rings. The minimum absolute atomic E-state index is 0.0841. The minimum atomic E-state index is -4.55. The maximum atomic E-state index is 12.5. The zero-order valence-corrected chi connectivity index (χ0v) is 14.4. The SMILES string of the molecule is Cc1oc(-c2ccccc2)nc1CCNC(=O)c1cnc(C(F)(F)F)s1. The van der Waals surface area contributed by atoms with Crippen molar-refractivity contribution in [3.05, 3.63) is 57.9 Å². The maximum Gasteiger partial charge on any atom is 0.443 e. The van der Waals surface area contributed by atoms with E-state index in [1.807, 2.05) is 30.3 Å². The first-order valence-electron chi connectivity index (χ1n) is 7.67. The van der Waals surface area contributed by atoms with Crippen LogP contribution in [0.4, 0.5) is 13.2 Å². The number of carbonyl (C=O) groups is 1. The molecule has 0 atom stereocenters. The summed E-state index contributed by atoms with van der Waals surface area (Å²) in [5.41, 5.74) is 1.53. The number of oxazole rings is 1. The highest BCUT2D eigenvalue weighted by atomic mass is 32.1. The summed E-state index contributed by atoms with van der Waals surface area (Å²) >= 11 is 0.316. The number of amides is 1. The van der Waals surface area contributed by atoms with Crippen LogP contribution in [0.3, 0.4) is 0 Å². The molecule has 5 nitrogen and oxygen atoms in total. The van der Waals surface area contributed by atoms with Crippen LogP contribution in [0.25, 0.3) is 11.5 Å². The highest BCUT2D eigenvalue weighted by Gasteiger charge is 2.35. The van der Waals surface area contributed by atoms with Crippen molar-refractivity contribution in [3.63, 3.8) is 0 Å². The number of nitrogens with zero attached hydrogens (tertiary/aromatic N) is 2. The lowest BCUT2D eigenvalue weighted by molar-refractivity contribution is -0.137. The summed E-state index contributed by atoms with van der Waals surface area (Å²) in [4.78, 5) is 19.5. The van der Waals surface area contributed by atoms with Gasteiger partial charge in [0.1, 0.15) is 10.6 Å². The molecule has 26 heavy (non-hydrogen) atoms. The Morgan fingerprint density at radius 3 is 2.65 bits per heavy atom. The van der Waals surface area contributed by atoms with Crippen LogP contribution >= 0.6 is 11.3 Å². The predicted molar refractivity (Wildman–Crippen MR) is 89.8 cm³/mol. The van der Waals surface area contributed by atoms with Gasteiger partial charge < -0.3 is 9.73 Å². The third kappa shape index (κ3) is 4.10. The average Bonchev–Trinajstić information content (AvgIpc) is 3.23. The van der Waals surface area contributed by atoms with Gasteiger partial charge in [-0.15, -0.1) is 11.3 Å². The first kappa shape index (κ1) is 18.1. The molecule has 9 heteroatoms. The smallest absolute Gasteiger partial charge is 0.441 e. The molecule has 0 aliphatic carbocycles. The van der Waals surface area contributed by atoms with Gasteiger partial charge in [0.05, 0.1) is 11.9 Å². The molecule has 0 bridgehead atoms. The zero-order chi connectivity index (χ0) is 18.7. The highest BCUT2D eigenvalue weighted by molar-refractivity contribution is 7.13. The molecule has 0 unspecified atom stereocenters. The number of alkyl halides is 3. The van der Waals surface area contributed by atoms with Gasteiger partial charge in [0.25, 0.3) is 5.91 Å². The van der Waals surface area contributed by atoms with E-state index >= 15 is 0 Å². The molecule has 0 saturated carbocycles. The molecule has 2 heterocycles. The summed E-state index contributed by atoms with van der Waals surface area (Å²) < 4.78 is 43.2. The number of nitrogens with one attached hydrogen (secondary N) is 1. The van der Waals surface area contributed by atoms with Crippen LogP contribution in [0.5, 0.6) is 0 Å². The second-order valence-corrected chi connectivity index (χ2v) is 6.45. The number of rotatable bonds is 5. The van der Waals surface area contributed by atoms with Gasteiger partial charge in [-0.25, -0.2) is 9.97 Å². The Bertz CT molecular complexity index is 904. The summed E-state index contributed by atoms with van der Waals surface area (Å²) in [7, 11) is 0. The van der Waals surface area contributed by atoms with Crippen molar-refractivity contribution in [3.8, 4) is 11.5 Å². The number of halogens is 3. The number of hydrogen-bond donors (Lipinski definition) is 1. The van der Waals surface area contributed by atoms with Crippen LogP contribution in [-0.4, -0.2) is 22.4 Å². The van der Waals surface area contributed by atoms with Gasteiger partial charge in [-0.3, -0.25) is 4.79 Å². The molecule has 0 saturated heterocycles. The Morgan fingerprint density at radius 2 is 2.00 bits per heavy atom. The lowest BCUT2D eigenvalue weighted by Crippen LogP contribution is -2.25. The Kier molecular flexibility index (Phi) is 5.08. The fraction of sp³-hybridized carbons (Fsp3) is 0.235. The van der Waals surface area contributed by atoms with Gasteiger partial charge >= 0.3 is 6.18 Å². The number of benzene rings is 1. The lowest BCUT2D eigenvalue weighted by atomic mass is 10.2. The van der Waals surface area contributed by atoms with Gasteiger partial charge in [0, 0.05) is 18.5 Å². The third-order valence-electron chi connectivity index (χ3n) is 3.53. The fourth-order valence-corrected chi connectivity index (χ4v) is 2.96. The minimum Gasteiger partial charge on any atom is -0.441 e. The Labute approximate surface area is 150 Å². The van der Waals surface area contributed by atoms with E-state index in [0.29, 0.717) is 35.1 Å². The van der Waals surface area contributed by atoms with Crippen molar-refractivity contribution in [2.45, 2.75) is 19.5 Å². The van der Waals surface area contributed by atoms with Crippen LogP contribution in [0.1, 0.15) is 26.1 Å². The topological polar surface area (TPSA) is 68.0 Å². The van der Waals surface area contributed by atoms with Crippen molar-refractivity contribution in [1.82, 2.24) is 15.3 Å². The molecule has 3 rings (SSSR count). The quantitative estimate of drug-likeness (QED) is 0.723. The van der Waals surface area contributed by atoms with Crippen molar-refractivity contribution in [2.24, 2.45) is 0 Å². The standard InChI is InChI=1S/C17H14F3N3O2S/c1-10-12(23-15(25-10)11-5-3-2-4-6-11)7-8-21-14(24)13-9-22-16(26-13)17(18,19)20/h2-6,9H,7-8H2,1H3,(H,21,24). The Morgan fingerprint density at radius 1 is 1.27 bits per heavy atom. The summed E-state index contributed by atoms with van der Waals surface area (Å²) in [6.07, 6.45) is -3.22. The monoisotopic (exact) mass is 381 g/mol. The van der Waals surface area contributed by atoms with Crippen molar-refractivity contribution in [2.75, 3.05) is 6.54 Å². The van der Waals surface area contributed by atoms with Gasteiger partial charge in [0.2, 0.25) is 5.89 Å². The summed E-state index contributed by atoms with van der Waals surface area (Å²) in [6.45, 7) is 2.00. The molecule has 1 amide bonds. The summed E-state index contributed by atoms with van der Waals surface area (Å²) in [6, 6.07) is 9.38. The van der Waals surface area contributed by atoms with Gasteiger partial charge in [0.15, 0.2) is 5.01 Å². The molecule has 0 radical (unpaired) electrons. The molecule has 2 aromatic heterocycles. The van der Waals surface area contributed by atoms with E-state index in [1.54, 1.807) is 6.92 Å². The van der Waals surface area contributed by atoms with Crippen LogP contribution in [-0.2, 0) is 12.6 Å². The number of carbonyl (C=O) groups excluding carboxylic acids is 1. The summed E-state index contributed by atoms with van der Waals surface area (Å²) in [5.74, 6) is 0.527. The normalized spacial score (nSPS) is 11.5. The van der Waals surface area contributed by atoms with E-state index in [4.69, 9.17) is 4.42 Å². The van der Waals surface area contributed by atoms with Gasteiger partial charge in [-0.05, 0) is 19.1 Å². The lowest BCUT2D eigenvalue weighted by Gasteiger charge is -2.02. The second-order valence-electron chi connectivity index (χ2n) is 5.42. The van der Waals surface area contributed by atoms with Gasteiger partial charge in [-0.1, -0.05) is 18.2 Å². The third-order valence-corrected chi connectivity index (χ3v) is 4.57. The maximum absolute atomic E-state index is 12.5. The van der Waals surface area contributed by atoms with Crippen LogP contribution < -0.4 is 5.32 Å². The predicted octanol–water partition coefficient (Wildman–Crippen LogP) is 4.10. The number of aromatic nitrogens is 2.